The zero-order valence-electron chi connectivity index (χ0n) is 17.1. The topological polar surface area (TPSA) is 53.8 Å². The summed E-state index contributed by atoms with van der Waals surface area (Å²) in [7, 11) is 0. The molecule has 1 aromatic heterocycles. The lowest BCUT2D eigenvalue weighted by atomic mass is 9.93. The van der Waals surface area contributed by atoms with Crippen LogP contribution in [0.25, 0.3) is 6.08 Å². The van der Waals surface area contributed by atoms with Crippen molar-refractivity contribution in [1.29, 1.82) is 0 Å². The van der Waals surface area contributed by atoms with Gasteiger partial charge >= 0.3 is 0 Å². The molecular weight excluding hydrogens is 376 g/mol. The van der Waals surface area contributed by atoms with Gasteiger partial charge in [0, 0.05) is 18.8 Å². The maximum Gasteiger partial charge on any atom is 0.229 e. The van der Waals surface area contributed by atoms with E-state index in [9.17, 15) is 9.59 Å². The van der Waals surface area contributed by atoms with Crippen molar-refractivity contribution in [2.75, 3.05) is 4.90 Å². The van der Waals surface area contributed by atoms with Crippen LogP contribution in [0.4, 0.5) is 5.69 Å². The summed E-state index contributed by atoms with van der Waals surface area (Å²) in [6.45, 7) is 3.87. The molecule has 2 aromatic carbocycles. The summed E-state index contributed by atoms with van der Waals surface area (Å²) < 4.78 is 5.50. The maximum absolute atomic E-state index is 13.5. The molecule has 30 heavy (non-hydrogen) atoms. The van der Waals surface area contributed by atoms with Gasteiger partial charge in [-0.1, -0.05) is 42.0 Å². The van der Waals surface area contributed by atoms with E-state index in [0.717, 1.165) is 22.4 Å². The number of rotatable bonds is 5. The van der Waals surface area contributed by atoms with Crippen molar-refractivity contribution >= 4 is 23.6 Å². The molecule has 0 radical (unpaired) electrons. The van der Waals surface area contributed by atoms with Crippen LogP contribution in [0.15, 0.2) is 77.5 Å². The molecule has 0 unspecified atom stereocenters. The van der Waals surface area contributed by atoms with E-state index in [4.69, 9.17) is 4.42 Å². The second-order valence-electron chi connectivity index (χ2n) is 7.49. The second-order valence-corrected chi connectivity index (χ2v) is 7.49. The lowest BCUT2D eigenvalue weighted by Crippen LogP contribution is -2.37. The molecule has 0 saturated heterocycles. The van der Waals surface area contributed by atoms with Crippen LogP contribution in [0.2, 0.25) is 0 Å². The molecule has 0 aliphatic carbocycles. The van der Waals surface area contributed by atoms with Gasteiger partial charge in [0.25, 0.3) is 0 Å². The molecule has 0 N–H and O–H groups in total. The van der Waals surface area contributed by atoms with Crippen molar-refractivity contribution in [3.63, 3.8) is 0 Å². The predicted octanol–water partition coefficient (Wildman–Crippen LogP) is 5.09. The van der Waals surface area contributed by atoms with Crippen LogP contribution in [0, 0.1) is 6.92 Å². The lowest BCUT2D eigenvalue weighted by Gasteiger charge is -2.34. The minimum absolute atomic E-state index is 0.0726. The molecular formula is C25H24N2O3. The van der Waals surface area contributed by atoms with Gasteiger partial charge in [-0.3, -0.25) is 9.59 Å². The quantitative estimate of drug-likeness (QED) is 0.600. The first-order valence-electron chi connectivity index (χ1n) is 9.98. The Kier molecular flexibility index (Phi) is 5.53. The van der Waals surface area contributed by atoms with E-state index >= 15 is 0 Å². The highest BCUT2D eigenvalue weighted by Gasteiger charge is 2.30. The van der Waals surface area contributed by atoms with E-state index in [1.807, 2.05) is 73.7 Å². The summed E-state index contributed by atoms with van der Waals surface area (Å²) in [6, 6.07) is 19.0. The molecule has 1 aliphatic rings. The van der Waals surface area contributed by atoms with Crippen LogP contribution in [-0.4, -0.2) is 16.7 Å². The molecule has 1 aliphatic heterocycles. The number of fused-ring (bicyclic) bond motifs is 1. The van der Waals surface area contributed by atoms with Gasteiger partial charge in [-0.25, -0.2) is 0 Å². The second kappa shape index (κ2) is 8.41. The van der Waals surface area contributed by atoms with E-state index in [2.05, 4.69) is 0 Å². The largest absolute Gasteiger partial charge is 0.467 e. The SMILES string of the molecule is CC(=O)N1C=Cc2ccccc2[C@H]1CC(=O)N(Cc1ccco1)c1ccc(C)cc1. The zero-order chi connectivity index (χ0) is 21.1. The van der Waals surface area contributed by atoms with Crippen LogP contribution in [0.5, 0.6) is 0 Å². The number of nitrogens with zero attached hydrogens (tertiary/aromatic N) is 2. The highest BCUT2D eigenvalue weighted by Crippen LogP contribution is 2.34. The van der Waals surface area contributed by atoms with Gasteiger partial charge in [-0.2, -0.15) is 0 Å². The number of amides is 2. The fraction of sp³-hybridized carbons (Fsp3) is 0.200. The van der Waals surface area contributed by atoms with Crippen molar-refractivity contribution in [3.8, 4) is 0 Å². The van der Waals surface area contributed by atoms with Crippen LogP contribution in [0.3, 0.4) is 0 Å². The third-order valence-electron chi connectivity index (χ3n) is 5.38. The van der Waals surface area contributed by atoms with Crippen LogP contribution < -0.4 is 4.90 Å². The molecule has 0 bridgehead atoms. The summed E-state index contributed by atoms with van der Waals surface area (Å²) in [5.41, 5.74) is 3.93. The average molecular weight is 400 g/mol. The number of furan rings is 1. The fourth-order valence-corrected chi connectivity index (χ4v) is 3.80. The molecule has 5 heteroatoms. The Morgan fingerprint density at radius 3 is 2.50 bits per heavy atom. The highest BCUT2D eigenvalue weighted by molar-refractivity contribution is 5.94. The first-order chi connectivity index (χ1) is 14.5. The van der Waals surface area contributed by atoms with E-state index in [1.54, 1.807) is 22.3 Å². The van der Waals surface area contributed by atoms with Gasteiger partial charge in [0.15, 0.2) is 0 Å². The first kappa shape index (κ1) is 19.7. The Labute approximate surface area is 176 Å². The summed E-state index contributed by atoms with van der Waals surface area (Å²) in [5, 5.41) is 0. The highest BCUT2D eigenvalue weighted by atomic mass is 16.3. The summed E-state index contributed by atoms with van der Waals surface area (Å²) in [6.07, 6.45) is 5.46. The zero-order valence-corrected chi connectivity index (χ0v) is 17.1. The number of carbonyl (C=O) groups excluding carboxylic acids is 2. The summed E-state index contributed by atoms with van der Waals surface area (Å²) in [4.78, 5) is 29.2. The third-order valence-corrected chi connectivity index (χ3v) is 5.38. The van der Waals surface area contributed by atoms with Crippen LogP contribution in [-0.2, 0) is 16.1 Å². The number of anilines is 1. The fourth-order valence-electron chi connectivity index (χ4n) is 3.80. The first-order valence-corrected chi connectivity index (χ1v) is 9.98. The van der Waals surface area contributed by atoms with Gasteiger partial charge in [0.05, 0.1) is 25.3 Å². The monoisotopic (exact) mass is 400 g/mol. The molecule has 0 spiro atoms. The molecule has 1 atom stereocenters. The third kappa shape index (κ3) is 4.06. The summed E-state index contributed by atoms with van der Waals surface area (Å²) >= 11 is 0. The number of carbonyl (C=O) groups is 2. The van der Waals surface area contributed by atoms with Crippen molar-refractivity contribution in [3.05, 3.63) is 95.6 Å². The van der Waals surface area contributed by atoms with Gasteiger partial charge in [0.1, 0.15) is 5.76 Å². The Bertz CT molecular complexity index is 1070. The van der Waals surface area contributed by atoms with E-state index in [1.165, 1.54) is 6.92 Å². The number of benzene rings is 2. The molecule has 0 fully saturated rings. The van der Waals surface area contributed by atoms with Gasteiger partial charge in [-0.15, -0.1) is 0 Å². The Hall–Kier alpha value is -3.60. The molecule has 152 valence electrons. The molecule has 5 nitrogen and oxygen atoms in total. The average Bonchev–Trinajstić information content (AvgIpc) is 3.26. The van der Waals surface area contributed by atoms with E-state index in [-0.39, 0.29) is 24.3 Å². The van der Waals surface area contributed by atoms with Crippen LogP contribution in [0.1, 0.15) is 41.8 Å². The van der Waals surface area contributed by atoms with Gasteiger partial charge in [-0.05, 0) is 48.4 Å². The Balaban J connectivity index is 1.66. The van der Waals surface area contributed by atoms with E-state index < -0.39 is 0 Å². The maximum atomic E-state index is 13.5. The Morgan fingerprint density at radius 1 is 1.03 bits per heavy atom. The molecule has 4 rings (SSSR count). The number of aryl methyl sites for hydroxylation is 1. The lowest BCUT2D eigenvalue weighted by molar-refractivity contribution is -0.129. The van der Waals surface area contributed by atoms with Gasteiger partial charge in [0.2, 0.25) is 11.8 Å². The normalized spacial score (nSPS) is 15.0. The number of hydrogen-bond acceptors (Lipinski definition) is 3. The van der Waals surface area contributed by atoms with Crippen molar-refractivity contribution < 1.29 is 14.0 Å². The van der Waals surface area contributed by atoms with Gasteiger partial charge < -0.3 is 14.2 Å². The molecule has 2 heterocycles. The number of hydrogen-bond donors (Lipinski definition) is 0. The van der Waals surface area contributed by atoms with E-state index in [0.29, 0.717) is 12.3 Å². The van der Waals surface area contributed by atoms with Crippen molar-refractivity contribution in [1.82, 2.24) is 4.90 Å². The molecule has 0 saturated carbocycles. The smallest absolute Gasteiger partial charge is 0.229 e. The molecule has 2 amide bonds. The summed E-state index contributed by atoms with van der Waals surface area (Å²) in [5.74, 6) is 0.541. The minimum atomic E-state index is -0.347. The van der Waals surface area contributed by atoms with Crippen molar-refractivity contribution in [2.24, 2.45) is 0 Å². The molecule has 3 aromatic rings. The van der Waals surface area contributed by atoms with Crippen molar-refractivity contribution in [2.45, 2.75) is 32.9 Å². The predicted molar refractivity (Wildman–Crippen MR) is 116 cm³/mol. The van der Waals surface area contributed by atoms with Crippen LogP contribution >= 0.6 is 0 Å². The standard InChI is InChI=1S/C25H24N2O3/c1-18-9-11-21(12-10-18)27(17-22-7-5-15-30-22)25(29)16-24-23-8-4-3-6-20(23)13-14-26(24)19(2)28/h3-15,24H,16-17H2,1-2H3/t24-/m1/s1. The Morgan fingerprint density at radius 2 is 1.80 bits per heavy atom. The minimum Gasteiger partial charge on any atom is -0.467 e.